The first kappa shape index (κ1) is 16.6. The summed E-state index contributed by atoms with van der Waals surface area (Å²) in [5.74, 6) is 2.53. The van der Waals surface area contributed by atoms with E-state index in [1.165, 1.54) is 51.4 Å². The first-order valence-electron chi connectivity index (χ1n) is 9.54. The van der Waals surface area contributed by atoms with Gasteiger partial charge in [-0.05, 0) is 80.8 Å². The fraction of sp³-hybridized carbons (Fsp3) is 0.700. The molecule has 1 aromatic carbocycles. The normalized spacial score (nSPS) is 37.0. The van der Waals surface area contributed by atoms with E-state index in [2.05, 4.69) is 11.6 Å². The van der Waals surface area contributed by atoms with Crippen LogP contribution in [0.3, 0.4) is 0 Å². The fourth-order valence-electron chi connectivity index (χ4n) is 5.88. The highest BCUT2D eigenvalue weighted by Crippen LogP contribution is 2.56. The summed E-state index contributed by atoms with van der Waals surface area (Å²) < 4.78 is 28.6. The maximum Gasteiger partial charge on any atom is 0.240 e. The molecule has 0 heterocycles. The SMILES string of the molecule is C[C@H](NS(=O)(=O)c1ccccc1)[C@@]12CC[C@H]3CC[C@@H](C[C@@H](C3)C1)C2. The summed E-state index contributed by atoms with van der Waals surface area (Å²) >= 11 is 0. The van der Waals surface area contributed by atoms with E-state index in [1.54, 1.807) is 24.3 Å². The van der Waals surface area contributed by atoms with Crippen molar-refractivity contribution in [3.05, 3.63) is 30.3 Å². The quantitative estimate of drug-likeness (QED) is 0.880. The fourth-order valence-corrected chi connectivity index (χ4v) is 7.25. The molecule has 4 bridgehead atoms. The van der Waals surface area contributed by atoms with E-state index in [1.807, 2.05) is 6.07 Å². The van der Waals surface area contributed by atoms with E-state index in [0.717, 1.165) is 17.8 Å². The standard InChI is InChI=1S/C20H29NO2S/c1-15(21-24(22,23)19-5-3-2-4-6-19)20-10-9-16-7-8-17(13-20)12-18(11-16)14-20/h2-6,15-18,21H,7-14H2,1H3/t15-,16+,17-,18+,20+/m0/s1. The van der Waals surface area contributed by atoms with Gasteiger partial charge in [-0.2, -0.15) is 0 Å². The minimum absolute atomic E-state index is 0.0184. The first-order valence-corrected chi connectivity index (χ1v) is 11.0. The number of fused-ring (bicyclic) bond motifs is 3. The minimum Gasteiger partial charge on any atom is -0.208 e. The van der Waals surface area contributed by atoms with Crippen LogP contribution in [0.4, 0.5) is 0 Å². The molecule has 0 aromatic heterocycles. The number of hydrogen-bond acceptors (Lipinski definition) is 2. The lowest BCUT2D eigenvalue weighted by molar-refractivity contribution is 0.0605. The minimum atomic E-state index is -3.43. The molecule has 0 radical (unpaired) electrons. The van der Waals surface area contributed by atoms with E-state index in [9.17, 15) is 8.42 Å². The van der Waals surface area contributed by atoms with Crippen LogP contribution in [-0.2, 0) is 10.0 Å². The van der Waals surface area contributed by atoms with Gasteiger partial charge >= 0.3 is 0 Å². The van der Waals surface area contributed by atoms with Crippen molar-refractivity contribution >= 4 is 10.0 Å². The highest BCUT2D eigenvalue weighted by Gasteiger charge is 2.48. The number of sulfonamides is 1. The molecule has 132 valence electrons. The average molecular weight is 348 g/mol. The first-order chi connectivity index (χ1) is 11.5. The molecule has 3 nitrogen and oxygen atoms in total. The van der Waals surface area contributed by atoms with Gasteiger partial charge in [-0.3, -0.25) is 0 Å². The van der Waals surface area contributed by atoms with Crippen molar-refractivity contribution in [3.8, 4) is 0 Å². The van der Waals surface area contributed by atoms with Crippen LogP contribution in [0.2, 0.25) is 0 Å². The molecule has 3 fully saturated rings. The third kappa shape index (κ3) is 3.03. The third-order valence-corrected chi connectivity index (χ3v) is 8.62. The smallest absolute Gasteiger partial charge is 0.208 e. The van der Waals surface area contributed by atoms with Crippen LogP contribution in [0.5, 0.6) is 0 Å². The van der Waals surface area contributed by atoms with E-state index in [-0.39, 0.29) is 11.5 Å². The van der Waals surface area contributed by atoms with Crippen molar-refractivity contribution in [2.24, 2.45) is 23.2 Å². The van der Waals surface area contributed by atoms with Crippen LogP contribution < -0.4 is 4.72 Å². The Labute approximate surface area is 146 Å². The van der Waals surface area contributed by atoms with Crippen molar-refractivity contribution in [2.75, 3.05) is 0 Å². The molecular weight excluding hydrogens is 318 g/mol. The monoisotopic (exact) mass is 347 g/mol. The summed E-state index contributed by atoms with van der Waals surface area (Å²) in [5.41, 5.74) is 0.171. The Morgan fingerprint density at radius 1 is 1.00 bits per heavy atom. The summed E-state index contributed by atoms with van der Waals surface area (Å²) in [6.07, 6.45) is 10.5. The van der Waals surface area contributed by atoms with E-state index >= 15 is 0 Å². The number of rotatable bonds is 4. The van der Waals surface area contributed by atoms with Crippen LogP contribution in [-0.4, -0.2) is 14.5 Å². The Morgan fingerprint density at radius 3 is 2.46 bits per heavy atom. The molecule has 0 unspecified atom stereocenters. The number of nitrogens with one attached hydrogen (secondary N) is 1. The number of hydrogen-bond donors (Lipinski definition) is 1. The van der Waals surface area contributed by atoms with Gasteiger partial charge in [0.15, 0.2) is 0 Å². The molecule has 4 rings (SSSR count). The molecule has 4 heteroatoms. The molecule has 3 saturated carbocycles. The topological polar surface area (TPSA) is 46.2 Å². The van der Waals surface area contributed by atoms with Crippen LogP contribution in [0.1, 0.15) is 58.3 Å². The third-order valence-electron chi connectivity index (χ3n) is 7.06. The van der Waals surface area contributed by atoms with Gasteiger partial charge in [0.1, 0.15) is 0 Å². The Bertz CT molecular complexity index is 683. The summed E-state index contributed by atoms with van der Waals surface area (Å²) in [6, 6.07) is 8.83. The van der Waals surface area contributed by atoms with Crippen molar-refractivity contribution in [1.82, 2.24) is 4.72 Å². The second kappa shape index (κ2) is 6.14. The zero-order valence-corrected chi connectivity index (χ0v) is 15.4. The molecule has 3 aliphatic rings. The van der Waals surface area contributed by atoms with Gasteiger partial charge in [-0.15, -0.1) is 0 Å². The Morgan fingerprint density at radius 2 is 1.67 bits per heavy atom. The van der Waals surface area contributed by atoms with Gasteiger partial charge in [0.2, 0.25) is 10.0 Å². The van der Waals surface area contributed by atoms with Gasteiger partial charge in [0.05, 0.1) is 4.90 Å². The van der Waals surface area contributed by atoms with Crippen LogP contribution in [0, 0.1) is 23.2 Å². The lowest BCUT2D eigenvalue weighted by atomic mass is 9.61. The molecule has 0 amide bonds. The van der Waals surface area contributed by atoms with Crippen molar-refractivity contribution in [1.29, 1.82) is 0 Å². The molecule has 0 aliphatic heterocycles. The highest BCUT2D eigenvalue weighted by molar-refractivity contribution is 7.89. The van der Waals surface area contributed by atoms with Crippen LogP contribution in [0.15, 0.2) is 35.2 Å². The second-order valence-corrected chi connectivity index (χ2v) is 10.3. The summed E-state index contributed by atoms with van der Waals surface area (Å²) in [5, 5.41) is 0. The summed E-state index contributed by atoms with van der Waals surface area (Å²) in [4.78, 5) is 0.385. The molecule has 1 aromatic rings. The lowest BCUT2D eigenvalue weighted by Gasteiger charge is -2.47. The van der Waals surface area contributed by atoms with Crippen LogP contribution >= 0.6 is 0 Å². The Balaban J connectivity index is 1.58. The zero-order chi connectivity index (χ0) is 16.8. The Hall–Kier alpha value is -0.870. The van der Waals surface area contributed by atoms with Crippen molar-refractivity contribution < 1.29 is 8.42 Å². The summed E-state index contributed by atoms with van der Waals surface area (Å²) in [6.45, 7) is 2.11. The van der Waals surface area contributed by atoms with Gasteiger partial charge in [0.25, 0.3) is 0 Å². The predicted octanol–water partition coefficient (Wildman–Crippen LogP) is 4.35. The van der Waals surface area contributed by atoms with Crippen LogP contribution in [0.25, 0.3) is 0 Å². The van der Waals surface area contributed by atoms with Gasteiger partial charge < -0.3 is 0 Å². The van der Waals surface area contributed by atoms with Gasteiger partial charge in [-0.1, -0.05) is 31.0 Å². The van der Waals surface area contributed by atoms with Crippen molar-refractivity contribution in [2.45, 2.75) is 69.2 Å². The maximum absolute atomic E-state index is 12.8. The molecule has 5 atom stereocenters. The largest absolute Gasteiger partial charge is 0.240 e. The molecular formula is C20H29NO2S. The highest BCUT2D eigenvalue weighted by atomic mass is 32.2. The van der Waals surface area contributed by atoms with Gasteiger partial charge in [0, 0.05) is 6.04 Å². The number of benzene rings is 1. The molecule has 3 aliphatic carbocycles. The molecule has 1 N–H and O–H groups in total. The van der Waals surface area contributed by atoms with Crippen molar-refractivity contribution in [3.63, 3.8) is 0 Å². The predicted molar refractivity (Wildman–Crippen MR) is 96.1 cm³/mol. The van der Waals surface area contributed by atoms with E-state index in [4.69, 9.17) is 0 Å². The lowest BCUT2D eigenvalue weighted by Crippen LogP contribution is -2.49. The molecule has 0 spiro atoms. The molecule has 24 heavy (non-hydrogen) atoms. The van der Waals surface area contributed by atoms with E-state index in [0.29, 0.717) is 4.90 Å². The Kier molecular flexibility index (Phi) is 4.24. The average Bonchev–Trinajstić information content (AvgIpc) is 2.79. The summed E-state index contributed by atoms with van der Waals surface area (Å²) in [7, 11) is -3.43. The molecule has 0 saturated heterocycles. The zero-order valence-electron chi connectivity index (χ0n) is 14.6. The van der Waals surface area contributed by atoms with E-state index < -0.39 is 10.0 Å². The second-order valence-electron chi connectivity index (χ2n) is 8.61. The maximum atomic E-state index is 12.8. The van der Waals surface area contributed by atoms with Gasteiger partial charge in [-0.25, -0.2) is 13.1 Å².